The number of hydrogen-bond donors (Lipinski definition) is 1. The van der Waals surface area contributed by atoms with E-state index in [2.05, 4.69) is 0 Å². The fourth-order valence-corrected chi connectivity index (χ4v) is 2.86. The molecule has 0 aromatic heterocycles. The molecular weight excluding hydrogens is 372 g/mol. The van der Waals surface area contributed by atoms with Gasteiger partial charge >= 0.3 is 5.97 Å². The van der Waals surface area contributed by atoms with Gasteiger partial charge in [-0.1, -0.05) is 13.3 Å². The molecule has 0 spiro atoms. The number of ketones is 1. The molecule has 6 nitrogen and oxygen atoms in total. The minimum absolute atomic E-state index is 0.00906. The van der Waals surface area contributed by atoms with Gasteiger partial charge in [0, 0.05) is 12.0 Å². The summed E-state index contributed by atoms with van der Waals surface area (Å²) in [5, 5.41) is 10.4. The highest BCUT2D eigenvalue weighted by Crippen LogP contribution is 2.33. The highest BCUT2D eigenvalue weighted by molar-refractivity contribution is 5.97. The molecule has 6 heteroatoms. The van der Waals surface area contributed by atoms with E-state index in [9.17, 15) is 14.7 Å². The molecular formula is C23H28O6. The summed E-state index contributed by atoms with van der Waals surface area (Å²) in [6.07, 6.45) is 2.10. The van der Waals surface area contributed by atoms with Crippen LogP contribution in [-0.4, -0.2) is 36.7 Å². The Labute approximate surface area is 171 Å². The van der Waals surface area contributed by atoms with Crippen LogP contribution < -0.4 is 9.47 Å². The molecule has 0 bridgehead atoms. The van der Waals surface area contributed by atoms with Crippen molar-refractivity contribution in [2.45, 2.75) is 40.0 Å². The fraction of sp³-hybridized carbons (Fsp3) is 0.391. The largest absolute Gasteiger partial charge is 0.507 e. The number of esters is 1. The first-order valence-corrected chi connectivity index (χ1v) is 9.86. The van der Waals surface area contributed by atoms with Crippen molar-refractivity contribution in [3.63, 3.8) is 0 Å². The Bertz CT molecular complexity index is 826. The molecule has 0 aliphatic heterocycles. The van der Waals surface area contributed by atoms with Gasteiger partial charge in [0.25, 0.3) is 0 Å². The second kappa shape index (κ2) is 11.1. The van der Waals surface area contributed by atoms with E-state index in [1.165, 1.54) is 6.92 Å². The molecule has 29 heavy (non-hydrogen) atoms. The highest BCUT2D eigenvalue weighted by atomic mass is 16.5. The molecule has 0 heterocycles. The number of Topliss-reactive ketones (excluding diaryl/α,β-unsaturated/α-hetero) is 1. The van der Waals surface area contributed by atoms with Crippen LogP contribution in [0.1, 0.15) is 59.9 Å². The van der Waals surface area contributed by atoms with Crippen molar-refractivity contribution in [1.82, 2.24) is 0 Å². The molecule has 0 saturated heterocycles. The molecule has 2 rings (SSSR count). The molecule has 0 amide bonds. The first kappa shape index (κ1) is 22.3. The van der Waals surface area contributed by atoms with Gasteiger partial charge < -0.3 is 19.3 Å². The van der Waals surface area contributed by atoms with Gasteiger partial charge in [-0.05, 0) is 56.7 Å². The Morgan fingerprint density at radius 1 is 0.966 bits per heavy atom. The number of hydrogen-bond acceptors (Lipinski definition) is 6. The smallest absolute Gasteiger partial charge is 0.338 e. The van der Waals surface area contributed by atoms with Gasteiger partial charge in [-0.2, -0.15) is 0 Å². The Hall–Kier alpha value is -3.02. The standard InChI is InChI=1S/C23H28O6/c1-4-7-20-21(13-12-19(16(3)24)22(20)25)29-15-6-14-28-18-10-8-17(9-11-18)23(26)27-5-2/h8-13,25H,4-7,14-15H2,1-3H3. The highest BCUT2D eigenvalue weighted by Gasteiger charge is 2.15. The minimum Gasteiger partial charge on any atom is -0.507 e. The SMILES string of the molecule is CCCc1c(OCCCOc2ccc(C(=O)OCC)cc2)ccc(C(C)=O)c1O. The van der Waals surface area contributed by atoms with Crippen molar-refractivity contribution >= 4 is 11.8 Å². The molecule has 0 saturated carbocycles. The number of carbonyl (C=O) groups is 2. The summed E-state index contributed by atoms with van der Waals surface area (Å²) in [6.45, 7) is 6.40. The zero-order valence-corrected chi connectivity index (χ0v) is 17.2. The predicted molar refractivity (Wildman–Crippen MR) is 110 cm³/mol. The maximum Gasteiger partial charge on any atom is 0.338 e. The first-order valence-electron chi connectivity index (χ1n) is 9.86. The van der Waals surface area contributed by atoms with Crippen molar-refractivity contribution in [2.75, 3.05) is 19.8 Å². The summed E-state index contributed by atoms with van der Waals surface area (Å²) in [7, 11) is 0. The lowest BCUT2D eigenvalue weighted by Gasteiger charge is -2.15. The minimum atomic E-state index is -0.352. The number of carbonyl (C=O) groups excluding carboxylic acids is 2. The van der Waals surface area contributed by atoms with Gasteiger partial charge in [0.1, 0.15) is 17.2 Å². The van der Waals surface area contributed by atoms with Crippen molar-refractivity contribution in [1.29, 1.82) is 0 Å². The van der Waals surface area contributed by atoms with Crippen LogP contribution in [0.3, 0.4) is 0 Å². The maximum absolute atomic E-state index is 11.6. The second-order valence-electron chi connectivity index (χ2n) is 6.54. The van der Waals surface area contributed by atoms with Crippen LogP contribution in [0.4, 0.5) is 0 Å². The molecule has 0 aliphatic carbocycles. The zero-order valence-electron chi connectivity index (χ0n) is 17.2. The molecule has 2 aromatic carbocycles. The summed E-state index contributed by atoms with van der Waals surface area (Å²) in [4.78, 5) is 23.2. The Morgan fingerprint density at radius 3 is 2.28 bits per heavy atom. The van der Waals surface area contributed by atoms with Crippen LogP contribution in [0.15, 0.2) is 36.4 Å². The Balaban J connectivity index is 1.85. The monoisotopic (exact) mass is 400 g/mol. The second-order valence-corrected chi connectivity index (χ2v) is 6.54. The Morgan fingerprint density at radius 2 is 1.66 bits per heavy atom. The van der Waals surface area contributed by atoms with E-state index in [1.54, 1.807) is 43.3 Å². The number of phenolic OH excluding ortho intramolecular Hbond substituents is 1. The van der Waals surface area contributed by atoms with Crippen LogP contribution in [0.25, 0.3) is 0 Å². The van der Waals surface area contributed by atoms with E-state index >= 15 is 0 Å². The lowest BCUT2D eigenvalue weighted by atomic mass is 10.0. The van der Waals surface area contributed by atoms with Gasteiger partial charge in [-0.3, -0.25) is 4.79 Å². The summed E-state index contributed by atoms with van der Waals surface area (Å²) in [5.74, 6) is 0.735. The zero-order chi connectivity index (χ0) is 21.2. The quantitative estimate of drug-likeness (QED) is 0.338. The lowest BCUT2D eigenvalue weighted by Crippen LogP contribution is -2.07. The summed E-state index contributed by atoms with van der Waals surface area (Å²) >= 11 is 0. The average Bonchev–Trinajstić information content (AvgIpc) is 2.70. The molecule has 1 N–H and O–H groups in total. The average molecular weight is 400 g/mol. The maximum atomic E-state index is 11.6. The topological polar surface area (TPSA) is 82.1 Å². The van der Waals surface area contributed by atoms with Crippen molar-refractivity contribution in [2.24, 2.45) is 0 Å². The van der Waals surface area contributed by atoms with Crippen LogP contribution in [0, 0.1) is 0 Å². The Kier molecular flexibility index (Phi) is 8.52. The summed E-state index contributed by atoms with van der Waals surface area (Å²) in [5.41, 5.74) is 1.46. The van der Waals surface area contributed by atoms with Crippen molar-refractivity contribution < 1.29 is 28.9 Å². The normalized spacial score (nSPS) is 10.4. The number of aromatic hydroxyl groups is 1. The summed E-state index contributed by atoms with van der Waals surface area (Å²) in [6, 6.07) is 10.1. The third-order valence-corrected chi connectivity index (χ3v) is 4.30. The van der Waals surface area contributed by atoms with E-state index in [0.717, 1.165) is 6.42 Å². The third-order valence-electron chi connectivity index (χ3n) is 4.30. The van der Waals surface area contributed by atoms with Gasteiger partial charge in [0.15, 0.2) is 5.78 Å². The van der Waals surface area contributed by atoms with Gasteiger partial charge in [-0.25, -0.2) is 4.79 Å². The number of phenols is 1. The number of rotatable bonds is 11. The molecule has 0 atom stereocenters. The van der Waals surface area contributed by atoms with Crippen molar-refractivity contribution in [3.05, 3.63) is 53.1 Å². The van der Waals surface area contributed by atoms with Gasteiger partial charge in [0.2, 0.25) is 0 Å². The first-order chi connectivity index (χ1) is 14.0. The molecule has 156 valence electrons. The van der Waals surface area contributed by atoms with Gasteiger partial charge in [0.05, 0.1) is 30.9 Å². The van der Waals surface area contributed by atoms with E-state index in [-0.39, 0.29) is 17.5 Å². The summed E-state index contributed by atoms with van der Waals surface area (Å²) < 4.78 is 16.4. The molecule has 0 aliphatic rings. The molecule has 2 aromatic rings. The molecule has 0 fully saturated rings. The van der Waals surface area contributed by atoms with Crippen molar-refractivity contribution in [3.8, 4) is 17.2 Å². The predicted octanol–water partition coefficient (Wildman–Crippen LogP) is 4.57. The third kappa shape index (κ3) is 6.24. The van der Waals surface area contributed by atoms with Crippen LogP contribution in [0.2, 0.25) is 0 Å². The fourth-order valence-electron chi connectivity index (χ4n) is 2.86. The van der Waals surface area contributed by atoms with E-state index in [0.29, 0.717) is 60.9 Å². The van der Waals surface area contributed by atoms with Gasteiger partial charge in [-0.15, -0.1) is 0 Å². The van der Waals surface area contributed by atoms with Crippen LogP contribution >= 0.6 is 0 Å². The molecule has 0 radical (unpaired) electrons. The number of ether oxygens (including phenoxy) is 3. The van der Waals surface area contributed by atoms with E-state index in [1.807, 2.05) is 6.92 Å². The van der Waals surface area contributed by atoms with Crippen LogP contribution in [-0.2, 0) is 11.2 Å². The lowest BCUT2D eigenvalue weighted by molar-refractivity contribution is 0.0526. The molecule has 0 unspecified atom stereocenters. The van der Waals surface area contributed by atoms with E-state index in [4.69, 9.17) is 14.2 Å². The number of benzene rings is 2. The van der Waals surface area contributed by atoms with Crippen LogP contribution in [0.5, 0.6) is 17.2 Å². The van der Waals surface area contributed by atoms with E-state index < -0.39 is 0 Å².